The van der Waals surface area contributed by atoms with Crippen LogP contribution in [0.25, 0.3) is 0 Å². The third-order valence-corrected chi connectivity index (χ3v) is 19.0. The number of hydrogen-bond donors (Lipinski definition) is 0. The van der Waals surface area contributed by atoms with E-state index in [4.69, 9.17) is 0 Å². The lowest BCUT2D eigenvalue weighted by Crippen LogP contribution is -2.49. The van der Waals surface area contributed by atoms with Crippen molar-refractivity contribution in [2.75, 3.05) is 0 Å². The van der Waals surface area contributed by atoms with Gasteiger partial charge in [-0.3, -0.25) is 9.80 Å². The first-order chi connectivity index (χ1) is 25.3. The third kappa shape index (κ3) is 6.73. The zero-order valence-corrected chi connectivity index (χ0v) is 32.9. The molecule has 6 saturated carbocycles. The molecule has 2 heterocycles. The Labute approximate surface area is 314 Å². The molecule has 0 aromatic carbocycles. The van der Waals surface area contributed by atoms with Crippen molar-refractivity contribution in [3.05, 3.63) is 24.3 Å². The van der Waals surface area contributed by atoms with Crippen LogP contribution in [-0.2, 0) is 0 Å². The predicted octanol–water partition coefficient (Wildman–Crippen LogP) is 12.5. The maximum Gasteiger partial charge on any atom is 0.0284 e. The van der Waals surface area contributed by atoms with Crippen LogP contribution >= 0.6 is 0 Å². The second-order valence-electron chi connectivity index (χ2n) is 21.1. The Morgan fingerprint density at radius 2 is 0.882 bits per heavy atom. The fourth-order valence-corrected chi connectivity index (χ4v) is 16.8. The number of nitrogens with zero attached hydrogens (tertiary/aromatic N) is 2. The minimum Gasteiger partial charge on any atom is -0.294 e. The van der Waals surface area contributed by atoms with Gasteiger partial charge < -0.3 is 0 Å². The Balaban J connectivity index is 0.808. The first kappa shape index (κ1) is 34.9. The molecule has 13 atom stereocenters. The van der Waals surface area contributed by atoms with Crippen molar-refractivity contribution < 1.29 is 0 Å². The van der Waals surface area contributed by atoms with Crippen molar-refractivity contribution in [2.24, 2.45) is 59.2 Å². The van der Waals surface area contributed by atoms with Crippen LogP contribution in [0.4, 0.5) is 0 Å². The second-order valence-corrected chi connectivity index (χ2v) is 21.1. The molecular weight excluding hydrogens is 617 g/mol. The van der Waals surface area contributed by atoms with E-state index < -0.39 is 0 Å². The molecule has 2 aliphatic heterocycles. The van der Waals surface area contributed by atoms with Crippen LogP contribution in [-0.4, -0.2) is 46.1 Å². The highest BCUT2D eigenvalue weighted by molar-refractivity contribution is 5.14. The first-order valence-electron chi connectivity index (χ1n) is 24.2. The van der Waals surface area contributed by atoms with Gasteiger partial charge in [0.25, 0.3) is 0 Å². The van der Waals surface area contributed by atoms with Crippen LogP contribution in [0.15, 0.2) is 24.3 Å². The molecule has 2 heteroatoms. The molecule has 13 unspecified atom stereocenters. The summed E-state index contributed by atoms with van der Waals surface area (Å²) in [5.41, 5.74) is 0. The van der Waals surface area contributed by atoms with Gasteiger partial charge in [0.2, 0.25) is 0 Å². The zero-order valence-electron chi connectivity index (χ0n) is 32.9. The van der Waals surface area contributed by atoms with Gasteiger partial charge in [-0.05, 0) is 181 Å². The number of allylic oxidation sites excluding steroid dienone is 3. The molecule has 0 bridgehead atoms. The zero-order chi connectivity index (χ0) is 33.7. The van der Waals surface area contributed by atoms with E-state index in [9.17, 15) is 0 Å². The normalized spacial score (nSPS) is 49.8. The lowest BCUT2D eigenvalue weighted by Gasteiger charge is -2.47. The summed E-state index contributed by atoms with van der Waals surface area (Å²) in [4.78, 5) is 6.55. The van der Waals surface area contributed by atoms with E-state index in [2.05, 4.69) is 34.1 Å². The Kier molecular flexibility index (Phi) is 10.6. The molecule has 0 N–H and O–H groups in total. The number of rotatable bonds is 5. The highest BCUT2D eigenvalue weighted by Crippen LogP contribution is 2.58. The van der Waals surface area contributed by atoms with Crippen LogP contribution in [0.3, 0.4) is 0 Å². The average Bonchev–Trinajstić information content (AvgIpc) is 3.59. The van der Waals surface area contributed by atoms with Gasteiger partial charge in [-0.15, -0.1) is 0 Å². The summed E-state index contributed by atoms with van der Waals surface area (Å²) in [5.74, 6) is 10.0. The number of likely N-dealkylation sites (tertiary alicyclic amines) is 2. The number of fused-ring (bicyclic) bond motifs is 6. The van der Waals surface area contributed by atoms with Crippen LogP contribution < -0.4 is 0 Å². The highest BCUT2D eigenvalue weighted by Gasteiger charge is 2.56. The molecule has 0 radical (unpaired) electrons. The van der Waals surface area contributed by atoms with Gasteiger partial charge in [0.15, 0.2) is 0 Å². The Hall–Kier alpha value is -0.600. The van der Waals surface area contributed by atoms with Gasteiger partial charge in [-0.1, -0.05) is 88.5 Å². The minimum atomic E-state index is 0.737. The van der Waals surface area contributed by atoms with E-state index in [1.807, 2.05) is 0 Å². The molecule has 0 aromatic rings. The van der Waals surface area contributed by atoms with Crippen molar-refractivity contribution in [3.8, 4) is 0 Å². The van der Waals surface area contributed by atoms with Crippen LogP contribution in [0.2, 0.25) is 0 Å². The molecule has 51 heavy (non-hydrogen) atoms. The van der Waals surface area contributed by atoms with Crippen LogP contribution in [0.1, 0.15) is 186 Å². The lowest BCUT2D eigenvalue weighted by molar-refractivity contribution is 0.0276. The van der Waals surface area contributed by atoms with Crippen molar-refractivity contribution >= 4 is 0 Å². The van der Waals surface area contributed by atoms with E-state index in [0.717, 1.165) is 95.4 Å². The summed E-state index contributed by atoms with van der Waals surface area (Å²) in [5, 5.41) is 0. The Morgan fingerprint density at radius 3 is 1.57 bits per heavy atom. The molecule has 2 nitrogen and oxygen atoms in total. The maximum absolute atomic E-state index is 3.32. The van der Waals surface area contributed by atoms with E-state index in [0.29, 0.717) is 0 Å². The quantitative estimate of drug-likeness (QED) is 0.264. The first-order valence-corrected chi connectivity index (χ1v) is 24.2. The molecule has 0 aromatic heterocycles. The molecular formula is C49H78N2. The summed E-state index contributed by atoms with van der Waals surface area (Å²) in [6.45, 7) is 0. The van der Waals surface area contributed by atoms with Gasteiger partial charge in [0.1, 0.15) is 0 Å². The SMILES string of the molecule is C1=CC(C2C=CC(N3C4CCCCC4C4CC(C5CCC6C(C5)C5CCCCC5N6C5CCC(C6CCCCC6)CC5)CCC43)CCC2)CCC1. The molecule has 0 amide bonds. The van der Waals surface area contributed by atoms with Crippen LogP contribution in [0.5, 0.6) is 0 Å². The van der Waals surface area contributed by atoms with Crippen molar-refractivity contribution in [2.45, 2.75) is 222 Å². The third-order valence-electron chi connectivity index (χ3n) is 19.0. The Morgan fingerprint density at radius 1 is 0.333 bits per heavy atom. The van der Waals surface area contributed by atoms with Crippen molar-refractivity contribution in [1.82, 2.24) is 9.80 Å². The van der Waals surface area contributed by atoms with Crippen LogP contribution in [0, 0.1) is 59.2 Å². The largest absolute Gasteiger partial charge is 0.294 e. The van der Waals surface area contributed by atoms with E-state index >= 15 is 0 Å². The minimum absolute atomic E-state index is 0.737. The maximum atomic E-state index is 3.32. The van der Waals surface area contributed by atoms with Crippen molar-refractivity contribution in [3.63, 3.8) is 0 Å². The summed E-state index contributed by atoms with van der Waals surface area (Å²) in [7, 11) is 0. The van der Waals surface area contributed by atoms with E-state index in [1.54, 1.807) is 89.9 Å². The van der Waals surface area contributed by atoms with Gasteiger partial charge in [0, 0.05) is 36.3 Å². The number of hydrogen-bond acceptors (Lipinski definition) is 2. The van der Waals surface area contributed by atoms with E-state index in [1.165, 1.54) is 96.3 Å². The molecule has 284 valence electrons. The summed E-state index contributed by atoms with van der Waals surface area (Å²) in [6.07, 6.45) is 54.8. The monoisotopic (exact) mass is 695 g/mol. The molecule has 8 aliphatic carbocycles. The molecule has 10 aliphatic rings. The molecule has 10 rings (SSSR count). The average molecular weight is 695 g/mol. The standard InChI is InChI=1S/C49H78N2/c1-3-12-34(13-4-1)36-16-11-17-40(27-22-36)50-46-20-9-7-18-42(46)44-32-38(25-30-48(44)50)39-26-31-49-45(33-39)43-19-8-10-21-47(43)51(49)41-28-23-37(24-29-41)35-14-5-2-6-15-35/h3,12,22,27,34-49H,1-2,4-11,13-21,23-26,28-33H2. The van der Waals surface area contributed by atoms with Crippen molar-refractivity contribution in [1.29, 1.82) is 0 Å². The highest BCUT2D eigenvalue weighted by atomic mass is 15.3. The summed E-state index contributed by atoms with van der Waals surface area (Å²) < 4.78 is 0. The fourth-order valence-electron chi connectivity index (χ4n) is 16.8. The molecule has 8 fully saturated rings. The molecule has 2 saturated heterocycles. The van der Waals surface area contributed by atoms with Gasteiger partial charge in [-0.2, -0.15) is 0 Å². The lowest BCUT2D eigenvalue weighted by atomic mass is 9.62. The fraction of sp³-hybridized carbons (Fsp3) is 0.918. The van der Waals surface area contributed by atoms with Gasteiger partial charge >= 0.3 is 0 Å². The molecule has 0 spiro atoms. The van der Waals surface area contributed by atoms with E-state index in [-0.39, 0.29) is 0 Å². The Bertz CT molecular complexity index is 1210. The second kappa shape index (κ2) is 15.5. The predicted molar refractivity (Wildman–Crippen MR) is 213 cm³/mol. The summed E-state index contributed by atoms with van der Waals surface area (Å²) in [6, 6.07) is 5.41. The van der Waals surface area contributed by atoms with Gasteiger partial charge in [0.05, 0.1) is 0 Å². The topological polar surface area (TPSA) is 6.48 Å². The van der Waals surface area contributed by atoms with Gasteiger partial charge in [-0.25, -0.2) is 0 Å². The summed E-state index contributed by atoms with van der Waals surface area (Å²) >= 11 is 0. The smallest absolute Gasteiger partial charge is 0.0284 e.